The number of nitro groups is 1. The molecular formula is C20H21N3O5. The van der Waals surface area contributed by atoms with Crippen LogP contribution in [-0.4, -0.2) is 29.9 Å². The Bertz CT molecular complexity index is 882. The number of anilines is 2. The maximum absolute atomic E-state index is 12.5. The molecule has 1 N–H and O–H groups in total. The first-order valence-corrected chi connectivity index (χ1v) is 9.06. The zero-order valence-electron chi connectivity index (χ0n) is 15.5. The van der Waals surface area contributed by atoms with Crippen LogP contribution in [-0.2, 0) is 9.59 Å². The zero-order valence-corrected chi connectivity index (χ0v) is 15.5. The second-order valence-corrected chi connectivity index (χ2v) is 6.54. The molecule has 1 fully saturated rings. The van der Waals surface area contributed by atoms with E-state index < -0.39 is 10.8 Å². The van der Waals surface area contributed by atoms with Crippen molar-refractivity contribution in [3.8, 4) is 5.75 Å². The van der Waals surface area contributed by atoms with Crippen molar-refractivity contribution in [3.63, 3.8) is 0 Å². The van der Waals surface area contributed by atoms with Crippen LogP contribution in [0.2, 0.25) is 0 Å². The molecule has 0 aliphatic carbocycles. The lowest BCUT2D eigenvalue weighted by Crippen LogP contribution is -2.28. The average Bonchev–Trinajstić information content (AvgIpc) is 3.09. The fraction of sp³-hybridized carbons (Fsp3) is 0.300. The van der Waals surface area contributed by atoms with Gasteiger partial charge in [-0.3, -0.25) is 19.7 Å². The molecule has 0 saturated carbocycles. The third-order valence-corrected chi connectivity index (χ3v) is 4.44. The third-order valence-electron chi connectivity index (χ3n) is 4.44. The van der Waals surface area contributed by atoms with Crippen LogP contribution in [0, 0.1) is 16.0 Å². The fourth-order valence-corrected chi connectivity index (χ4v) is 3.02. The van der Waals surface area contributed by atoms with Crippen LogP contribution in [0.25, 0.3) is 0 Å². The van der Waals surface area contributed by atoms with Crippen LogP contribution >= 0.6 is 0 Å². The maximum atomic E-state index is 12.5. The molecule has 0 unspecified atom stereocenters. The van der Waals surface area contributed by atoms with Crippen molar-refractivity contribution in [2.24, 2.45) is 5.92 Å². The molecule has 8 nitrogen and oxygen atoms in total. The van der Waals surface area contributed by atoms with Gasteiger partial charge < -0.3 is 15.0 Å². The van der Waals surface area contributed by atoms with Crippen molar-refractivity contribution in [2.75, 3.05) is 23.4 Å². The number of nitrogens with one attached hydrogen (secondary N) is 1. The average molecular weight is 383 g/mol. The molecule has 2 aromatic rings. The summed E-state index contributed by atoms with van der Waals surface area (Å²) in [7, 11) is 0. The predicted molar refractivity (Wildman–Crippen MR) is 104 cm³/mol. The van der Waals surface area contributed by atoms with E-state index in [2.05, 4.69) is 5.32 Å². The number of hydrogen-bond donors (Lipinski definition) is 1. The van der Waals surface area contributed by atoms with E-state index >= 15 is 0 Å². The molecule has 2 aromatic carbocycles. The molecule has 146 valence electrons. The Balaban J connectivity index is 1.64. The Morgan fingerprint density at radius 1 is 1.29 bits per heavy atom. The van der Waals surface area contributed by atoms with Gasteiger partial charge in [0.05, 0.1) is 17.4 Å². The smallest absolute Gasteiger partial charge is 0.271 e. The van der Waals surface area contributed by atoms with Gasteiger partial charge in [-0.1, -0.05) is 13.0 Å². The highest BCUT2D eigenvalue weighted by Gasteiger charge is 2.35. The van der Waals surface area contributed by atoms with Crippen molar-refractivity contribution in [1.29, 1.82) is 0 Å². The number of nitro benzene ring substituents is 1. The molecule has 1 atom stereocenters. The minimum absolute atomic E-state index is 0.0921. The van der Waals surface area contributed by atoms with Crippen LogP contribution in [0.4, 0.5) is 17.1 Å². The highest BCUT2D eigenvalue weighted by molar-refractivity contribution is 6.03. The van der Waals surface area contributed by atoms with Gasteiger partial charge >= 0.3 is 0 Å². The summed E-state index contributed by atoms with van der Waals surface area (Å²) in [6.07, 6.45) is 1.00. The summed E-state index contributed by atoms with van der Waals surface area (Å²) in [5.74, 6) is -0.263. The van der Waals surface area contributed by atoms with E-state index in [4.69, 9.17) is 4.74 Å². The van der Waals surface area contributed by atoms with Gasteiger partial charge in [0.25, 0.3) is 5.69 Å². The van der Waals surface area contributed by atoms with E-state index in [0.717, 1.165) is 12.2 Å². The first kappa shape index (κ1) is 19.3. The Morgan fingerprint density at radius 2 is 2.04 bits per heavy atom. The summed E-state index contributed by atoms with van der Waals surface area (Å²) in [5.41, 5.74) is 0.939. The van der Waals surface area contributed by atoms with Gasteiger partial charge in [-0.2, -0.15) is 0 Å². The Hall–Kier alpha value is -3.42. The van der Waals surface area contributed by atoms with Crippen LogP contribution in [0.1, 0.15) is 19.8 Å². The molecule has 8 heteroatoms. The molecule has 0 bridgehead atoms. The molecule has 0 radical (unpaired) electrons. The van der Waals surface area contributed by atoms with Crippen LogP contribution in [0.5, 0.6) is 5.75 Å². The molecule has 3 rings (SSSR count). The number of benzene rings is 2. The number of hydrogen-bond acceptors (Lipinski definition) is 5. The molecule has 1 aliphatic heterocycles. The van der Waals surface area contributed by atoms with E-state index in [1.54, 1.807) is 35.2 Å². The number of nitrogens with zero attached hydrogens (tertiary/aromatic N) is 2. The molecular weight excluding hydrogens is 362 g/mol. The van der Waals surface area contributed by atoms with Gasteiger partial charge in [-0.15, -0.1) is 0 Å². The monoisotopic (exact) mass is 383 g/mol. The molecule has 2 amide bonds. The van der Waals surface area contributed by atoms with Crippen LogP contribution in [0.3, 0.4) is 0 Å². The van der Waals surface area contributed by atoms with Crippen molar-refractivity contribution < 1.29 is 19.2 Å². The maximum Gasteiger partial charge on any atom is 0.271 e. The second kappa shape index (κ2) is 8.51. The second-order valence-electron chi connectivity index (χ2n) is 6.54. The van der Waals surface area contributed by atoms with Gasteiger partial charge in [0.2, 0.25) is 11.8 Å². The summed E-state index contributed by atoms with van der Waals surface area (Å²) < 4.78 is 5.54. The number of amides is 2. The fourth-order valence-electron chi connectivity index (χ4n) is 3.02. The SMILES string of the molecule is CCCOc1ccc(N2C[C@@H](C(=O)Nc3cccc([N+](=O)[O-])c3)CC2=O)cc1. The Labute approximate surface area is 162 Å². The summed E-state index contributed by atoms with van der Waals surface area (Å²) in [5, 5.41) is 13.5. The molecule has 1 aliphatic rings. The lowest BCUT2D eigenvalue weighted by Gasteiger charge is -2.17. The first-order valence-electron chi connectivity index (χ1n) is 9.06. The standard InChI is InChI=1S/C20H21N3O5/c1-2-10-28-18-8-6-16(7-9-18)22-13-14(11-19(22)24)20(25)21-15-4-3-5-17(12-15)23(26)27/h3-9,12,14H,2,10-11,13H2,1H3,(H,21,25)/t14-/m0/s1. The summed E-state index contributed by atoms with van der Waals surface area (Å²) in [4.78, 5) is 36.8. The van der Waals surface area contributed by atoms with Crippen molar-refractivity contribution in [2.45, 2.75) is 19.8 Å². The number of carbonyl (C=O) groups excluding carboxylic acids is 2. The van der Waals surface area contributed by atoms with E-state index in [-0.39, 0.29) is 30.5 Å². The predicted octanol–water partition coefficient (Wildman–Crippen LogP) is 3.38. The van der Waals surface area contributed by atoms with Crippen molar-refractivity contribution in [1.82, 2.24) is 0 Å². The summed E-state index contributed by atoms with van der Waals surface area (Å²) in [6, 6.07) is 12.9. The lowest BCUT2D eigenvalue weighted by molar-refractivity contribution is -0.384. The van der Waals surface area contributed by atoms with Crippen molar-refractivity contribution >= 4 is 28.9 Å². The van der Waals surface area contributed by atoms with Crippen LogP contribution < -0.4 is 15.0 Å². The topological polar surface area (TPSA) is 102 Å². The number of ether oxygens (including phenoxy) is 1. The summed E-state index contributed by atoms with van der Waals surface area (Å²) in [6.45, 7) is 2.91. The molecule has 1 heterocycles. The van der Waals surface area contributed by atoms with Crippen LogP contribution in [0.15, 0.2) is 48.5 Å². The van der Waals surface area contributed by atoms with E-state index in [0.29, 0.717) is 18.0 Å². The normalized spacial score (nSPS) is 16.1. The van der Waals surface area contributed by atoms with E-state index in [9.17, 15) is 19.7 Å². The number of carbonyl (C=O) groups is 2. The minimum Gasteiger partial charge on any atom is -0.494 e. The zero-order chi connectivity index (χ0) is 20.1. The molecule has 1 saturated heterocycles. The van der Waals surface area contributed by atoms with Gasteiger partial charge in [0, 0.05) is 36.5 Å². The summed E-state index contributed by atoms with van der Waals surface area (Å²) >= 11 is 0. The molecule has 0 aromatic heterocycles. The van der Waals surface area contributed by atoms with Gasteiger partial charge in [-0.05, 0) is 36.8 Å². The lowest BCUT2D eigenvalue weighted by atomic mass is 10.1. The Morgan fingerprint density at radius 3 is 2.71 bits per heavy atom. The third kappa shape index (κ3) is 4.46. The van der Waals surface area contributed by atoms with Gasteiger partial charge in [0.15, 0.2) is 0 Å². The number of non-ortho nitro benzene ring substituents is 1. The van der Waals surface area contributed by atoms with E-state index in [1.807, 2.05) is 6.92 Å². The quantitative estimate of drug-likeness (QED) is 0.583. The molecule has 28 heavy (non-hydrogen) atoms. The molecule has 0 spiro atoms. The van der Waals surface area contributed by atoms with E-state index in [1.165, 1.54) is 18.2 Å². The van der Waals surface area contributed by atoms with Gasteiger partial charge in [-0.25, -0.2) is 0 Å². The van der Waals surface area contributed by atoms with Crippen molar-refractivity contribution in [3.05, 3.63) is 58.6 Å². The minimum atomic E-state index is -0.525. The highest BCUT2D eigenvalue weighted by Crippen LogP contribution is 2.28. The highest BCUT2D eigenvalue weighted by atomic mass is 16.6. The largest absolute Gasteiger partial charge is 0.494 e. The van der Waals surface area contributed by atoms with Gasteiger partial charge in [0.1, 0.15) is 5.75 Å². The number of rotatable bonds is 7. The Kier molecular flexibility index (Phi) is 5.88. The first-order chi connectivity index (χ1) is 13.5.